The van der Waals surface area contributed by atoms with Crippen molar-refractivity contribution in [3.05, 3.63) is 42.3 Å². The van der Waals surface area contributed by atoms with Gasteiger partial charge in [-0.05, 0) is 26.1 Å². The fourth-order valence-electron chi connectivity index (χ4n) is 2.10. The molecule has 1 aromatic carbocycles. The zero-order valence-electron chi connectivity index (χ0n) is 11.6. The van der Waals surface area contributed by atoms with Crippen molar-refractivity contribution in [1.29, 1.82) is 0 Å². The van der Waals surface area contributed by atoms with Gasteiger partial charge >= 0.3 is 0 Å². The van der Waals surface area contributed by atoms with Crippen molar-refractivity contribution in [2.75, 3.05) is 7.05 Å². The van der Waals surface area contributed by atoms with E-state index < -0.39 is 0 Å². The van der Waals surface area contributed by atoms with Crippen molar-refractivity contribution in [1.82, 2.24) is 25.0 Å². The Morgan fingerprint density at radius 1 is 1.35 bits per heavy atom. The number of imidazole rings is 1. The number of fused-ring (bicyclic) bond motifs is 1. The molecule has 0 aliphatic heterocycles. The molecular formula is C14H17N5O. The lowest BCUT2D eigenvalue weighted by molar-refractivity contribution is 0.365. The van der Waals surface area contributed by atoms with Crippen molar-refractivity contribution in [3.63, 3.8) is 0 Å². The number of rotatable bonds is 5. The normalized spacial score (nSPS) is 12.9. The molecular weight excluding hydrogens is 254 g/mol. The summed E-state index contributed by atoms with van der Waals surface area (Å²) in [6, 6.07) is 8.31. The molecule has 1 N–H and O–H groups in total. The standard InChI is InChI=1S/C14H17N5O/c1-10(15-2)7-13-17-14(20-18-13)8-19-9-16-11-5-3-4-6-12(11)19/h3-6,9-10,15H,7-8H2,1-2H3. The van der Waals surface area contributed by atoms with Crippen LogP contribution in [-0.4, -0.2) is 32.8 Å². The van der Waals surface area contributed by atoms with Crippen molar-refractivity contribution in [2.45, 2.75) is 25.9 Å². The Kier molecular flexibility index (Phi) is 3.47. The Bertz CT molecular complexity index is 702. The molecule has 0 radical (unpaired) electrons. The maximum Gasteiger partial charge on any atom is 0.246 e. The van der Waals surface area contributed by atoms with Crippen LogP contribution in [0.15, 0.2) is 35.1 Å². The van der Waals surface area contributed by atoms with Crippen LogP contribution in [0.25, 0.3) is 11.0 Å². The summed E-state index contributed by atoms with van der Waals surface area (Å²) < 4.78 is 7.30. The SMILES string of the molecule is CNC(C)Cc1noc(Cn2cnc3ccccc32)n1. The van der Waals surface area contributed by atoms with E-state index in [2.05, 4.69) is 27.4 Å². The summed E-state index contributed by atoms with van der Waals surface area (Å²) in [7, 11) is 1.92. The van der Waals surface area contributed by atoms with Gasteiger partial charge in [-0.3, -0.25) is 0 Å². The zero-order chi connectivity index (χ0) is 13.9. The van der Waals surface area contributed by atoms with Crippen LogP contribution in [0.2, 0.25) is 0 Å². The summed E-state index contributed by atoms with van der Waals surface area (Å²) in [6.07, 6.45) is 2.55. The number of likely N-dealkylation sites (N-methyl/N-ethyl adjacent to an activating group) is 1. The minimum atomic E-state index is 0.328. The first-order chi connectivity index (χ1) is 9.76. The molecule has 3 aromatic rings. The van der Waals surface area contributed by atoms with E-state index in [1.165, 1.54) is 0 Å². The van der Waals surface area contributed by atoms with Crippen LogP contribution < -0.4 is 5.32 Å². The van der Waals surface area contributed by atoms with Crippen LogP contribution in [0.3, 0.4) is 0 Å². The van der Waals surface area contributed by atoms with Gasteiger partial charge in [0, 0.05) is 12.5 Å². The average Bonchev–Trinajstić information content (AvgIpc) is 3.07. The molecule has 1 unspecified atom stereocenters. The highest BCUT2D eigenvalue weighted by Crippen LogP contribution is 2.13. The molecule has 0 spiro atoms. The largest absolute Gasteiger partial charge is 0.337 e. The lowest BCUT2D eigenvalue weighted by atomic mass is 10.2. The van der Waals surface area contributed by atoms with Crippen molar-refractivity contribution in [2.24, 2.45) is 0 Å². The Hall–Kier alpha value is -2.21. The summed E-state index contributed by atoms with van der Waals surface area (Å²) in [5.41, 5.74) is 2.03. The molecule has 0 saturated carbocycles. The fourth-order valence-corrected chi connectivity index (χ4v) is 2.10. The zero-order valence-corrected chi connectivity index (χ0v) is 11.6. The second-order valence-corrected chi connectivity index (χ2v) is 4.86. The molecule has 0 fully saturated rings. The van der Waals surface area contributed by atoms with Gasteiger partial charge in [0.05, 0.1) is 17.4 Å². The second-order valence-electron chi connectivity index (χ2n) is 4.86. The Labute approximate surface area is 116 Å². The van der Waals surface area contributed by atoms with E-state index in [1.54, 1.807) is 6.33 Å². The van der Waals surface area contributed by atoms with E-state index >= 15 is 0 Å². The summed E-state index contributed by atoms with van der Waals surface area (Å²) in [4.78, 5) is 8.76. The van der Waals surface area contributed by atoms with E-state index in [-0.39, 0.29) is 0 Å². The molecule has 6 heteroatoms. The molecule has 0 bridgehead atoms. The van der Waals surface area contributed by atoms with Gasteiger partial charge in [-0.15, -0.1) is 0 Å². The van der Waals surface area contributed by atoms with E-state index in [9.17, 15) is 0 Å². The first kappa shape index (κ1) is 12.8. The summed E-state index contributed by atoms with van der Waals surface area (Å²) in [6.45, 7) is 2.63. The van der Waals surface area contributed by atoms with Gasteiger partial charge in [-0.1, -0.05) is 17.3 Å². The molecule has 1 atom stereocenters. The van der Waals surface area contributed by atoms with Crippen molar-refractivity contribution >= 4 is 11.0 Å². The third-order valence-electron chi connectivity index (χ3n) is 3.32. The van der Waals surface area contributed by atoms with Crippen LogP contribution in [-0.2, 0) is 13.0 Å². The van der Waals surface area contributed by atoms with Crippen molar-refractivity contribution in [3.8, 4) is 0 Å². The minimum absolute atomic E-state index is 0.328. The number of aromatic nitrogens is 4. The summed E-state index contributed by atoms with van der Waals surface area (Å²) >= 11 is 0. The third-order valence-corrected chi connectivity index (χ3v) is 3.32. The number of nitrogens with zero attached hydrogens (tertiary/aromatic N) is 4. The van der Waals surface area contributed by atoms with Crippen LogP contribution in [0.4, 0.5) is 0 Å². The maximum absolute atomic E-state index is 5.29. The van der Waals surface area contributed by atoms with Crippen LogP contribution in [0, 0.1) is 0 Å². The van der Waals surface area contributed by atoms with E-state index in [1.807, 2.05) is 35.9 Å². The maximum atomic E-state index is 5.29. The van der Waals surface area contributed by atoms with E-state index in [0.717, 1.165) is 23.3 Å². The van der Waals surface area contributed by atoms with Gasteiger partial charge in [-0.2, -0.15) is 4.98 Å². The van der Waals surface area contributed by atoms with Gasteiger partial charge < -0.3 is 14.4 Å². The first-order valence-corrected chi connectivity index (χ1v) is 6.65. The third kappa shape index (κ3) is 2.55. The number of para-hydroxylation sites is 2. The smallest absolute Gasteiger partial charge is 0.246 e. The lowest BCUT2D eigenvalue weighted by Gasteiger charge is -2.04. The molecule has 0 saturated heterocycles. The summed E-state index contributed by atoms with van der Waals surface area (Å²) in [5.74, 6) is 1.33. The minimum Gasteiger partial charge on any atom is -0.337 e. The van der Waals surface area contributed by atoms with Crippen LogP contribution >= 0.6 is 0 Å². The van der Waals surface area contributed by atoms with E-state index in [0.29, 0.717) is 18.5 Å². The highest BCUT2D eigenvalue weighted by molar-refractivity contribution is 5.74. The predicted molar refractivity (Wildman–Crippen MR) is 75.4 cm³/mol. The molecule has 20 heavy (non-hydrogen) atoms. The molecule has 0 aliphatic rings. The van der Waals surface area contributed by atoms with Gasteiger partial charge in [0.25, 0.3) is 0 Å². The Balaban J connectivity index is 1.78. The van der Waals surface area contributed by atoms with Gasteiger partial charge in [0.15, 0.2) is 5.82 Å². The molecule has 0 amide bonds. The number of hydrogen-bond acceptors (Lipinski definition) is 5. The van der Waals surface area contributed by atoms with E-state index in [4.69, 9.17) is 4.52 Å². The molecule has 3 rings (SSSR count). The summed E-state index contributed by atoms with van der Waals surface area (Å²) in [5, 5.41) is 7.16. The monoisotopic (exact) mass is 271 g/mol. The number of benzene rings is 1. The molecule has 104 valence electrons. The Morgan fingerprint density at radius 3 is 3.05 bits per heavy atom. The lowest BCUT2D eigenvalue weighted by Crippen LogP contribution is -2.24. The van der Waals surface area contributed by atoms with Gasteiger partial charge in [0.1, 0.15) is 6.54 Å². The van der Waals surface area contributed by atoms with Gasteiger partial charge in [0.2, 0.25) is 5.89 Å². The first-order valence-electron chi connectivity index (χ1n) is 6.65. The van der Waals surface area contributed by atoms with Crippen LogP contribution in [0.5, 0.6) is 0 Å². The number of nitrogens with one attached hydrogen (secondary N) is 1. The fraction of sp³-hybridized carbons (Fsp3) is 0.357. The van der Waals surface area contributed by atoms with Crippen molar-refractivity contribution < 1.29 is 4.52 Å². The second kappa shape index (κ2) is 5.42. The highest BCUT2D eigenvalue weighted by atomic mass is 16.5. The molecule has 0 aliphatic carbocycles. The topological polar surface area (TPSA) is 68.8 Å². The quantitative estimate of drug-likeness (QED) is 0.763. The molecule has 6 nitrogen and oxygen atoms in total. The highest BCUT2D eigenvalue weighted by Gasteiger charge is 2.11. The Morgan fingerprint density at radius 2 is 2.20 bits per heavy atom. The number of hydrogen-bond donors (Lipinski definition) is 1. The molecule has 2 heterocycles. The van der Waals surface area contributed by atoms with Crippen LogP contribution in [0.1, 0.15) is 18.6 Å². The van der Waals surface area contributed by atoms with Gasteiger partial charge in [-0.25, -0.2) is 4.98 Å². The molecule has 2 aromatic heterocycles. The predicted octanol–water partition coefficient (Wildman–Crippen LogP) is 1.62. The average molecular weight is 271 g/mol.